The molecule has 0 aliphatic carbocycles. The van der Waals surface area contributed by atoms with Gasteiger partial charge in [-0.2, -0.15) is 0 Å². The molecule has 1 unspecified atom stereocenters. The first kappa shape index (κ1) is 9.39. The van der Waals surface area contributed by atoms with Crippen LogP contribution in [-0.2, 0) is 4.79 Å². The minimum absolute atomic E-state index is 0.408. The van der Waals surface area contributed by atoms with Gasteiger partial charge in [0.1, 0.15) is 0 Å². The molecule has 0 saturated heterocycles. The Morgan fingerprint density at radius 2 is 1.93 bits per heavy atom. The van der Waals surface area contributed by atoms with Gasteiger partial charge >= 0.3 is 6.17 Å². The van der Waals surface area contributed by atoms with E-state index in [-0.39, 0.29) is 0 Å². The van der Waals surface area contributed by atoms with Gasteiger partial charge < -0.3 is 0 Å². The number of carbonyl (C=O) groups is 1. The number of benzene rings is 1. The number of carbonyl (C=O) groups excluding carboxylic acids is 1. The van der Waals surface area contributed by atoms with Gasteiger partial charge in [0, 0.05) is 6.08 Å². The third-order valence-electron chi connectivity index (χ3n) is 2.18. The Balaban J connectivity index is 2.39. The van der Waals surface area contributed by atoms with Crippen molar-refractivity contribution in [2.75, 3.05) is 0 Å². The predicted molar refractivity (Wildman–Crippen MR) is 53.3 cm³/mol. The lowest BCUT2D eigenvalue weighted by molar-refractivity contribution is -0.509. The maximum absolute atomic E-state index is 11.0. The third-order valence-corrected chi connectivity index (χ3v) is 2.18. The molecule has 2 rings (SSSR count). The maximum atomic E-state index is 11.0. The lowest BCUT2D eigenvalue weighted by Gasteiger charge is -2.06. The molecule has 1 heterocycles. The molecule has 5 nitrogen and oxygen atoms in total. The van der Waals surface area contributed by atoms with Crippen molar-refractivity contribution in [3.63, 3.8) is 0 Å². The van der Waals surface area contributed by atoms with Crippen molar-refractivity contribution in [1.29, 1.82) is 0 Å². The van der Waals surface area contributed by atoms with Gasteiger partial charge in [-0.15, -0.1) is 0 Å². The molecule has 0 saturated carbocycles. The van der Waals surface area contributed by atoms with Gasteiger partial charge in [0.05, 0.1) is 10.5 Å². The Morgan fingerprint density at radius 3 is 2.53 bits per heavy atom. The van der Waals surface area contributed by atoms with Crippen molar-refractivity contribution in [3.05, 3.63) is 52.1 Å². The molecule has 0 bridgehead atoms. The summed E-state index contributed by atoms with van der Waals surface area (Å²) >= 11 is 0. The highest BCUT2D eigenvalue weighted by molar-refractivity contribution is 6.01. The molecule has 1 aromatic rings. The summed E-state index contributed by atoms with van der Waals surface area (Å²) in [7, 11) is 0. The quantitative estimate of drug-likeness (QED) is 0.572. The van der Waals surface area contributed by atoms with Crippen LogP contribution in [0.1, 0.15) is 5.56 Å². The highest BCUT2D eigenvalue weighted by Crippen LogP contribution is 2.22. The topological polar surface area (TPSA) is 72.2 Å². The van der Waals surface area contributed by atoms with E-state index in [1.807, 2.05) is 6.07 Å². The van der Waals surface area contributed by atoms with Gasteiger partial charge in [-0.1, -0.05) is 30.3 Å². The predicted octanol–water partition coefficient (Wildman–Crippen LogP) is 0.803. The van der Waals surface area contributed by atoms with E-state index in [1.165, 1.54) is 6.08 Å². The molecular formula is C10H8N2O3. The van der Waals surface area contributed by atoms with Crippen molar-refractivity contribution in [2.24, 2.45) is 0 Å². The van der Waals surface area contributed by atoms with E-state index in [0.717, 1.165) is 0 Å². The van der Waals surface area contributed by atoms with Crippen molar-refractivity contribution >= 4 is 11.5 Å². The molecule has 1 aromatic carbocycles. The Kier molecular flexibility index (Phi) is 2.21. The van der Waals surface area contributed by atoms with E-state index < -0.39 is 17.0 Å². The molecule has 0 spiro atoms. The fourth-order valence-electron chi connectivity index (χ4n) is 1.51. The van der Waals surface area contributed by atoms with E-state index in [1.54, 1.807) is 24.3 Å². The second-order valence-corrected chi connectivity index (χ2v) is 3.16. The Hall–Kier alpha value is -2.17. The first-order valence-electron chi connectivity index (χ1n) is 4.39. The summed E-state index contributed by atoms with van der Waals surface area (Å²) < 4.78 is 0. The van der Waals surface area contributed by atoms with Gasteiger partial charge in [-0.05, 0) is 5.56 Å². The summed E-state index contributed by atoms with van der Waals surface area (Å²) in [6, 6.07) is 8.84. The lowest BCUT2D eigenvalue weighted by Crippen LogP contribution is -2.34. The summed E-state index contributed by atoms with van der Waals surface area (Å²) in [5.41, 5.74) is 1.10. The number of nitro groups is 1. The van der Waals surface area contributed by atoms with Crippen LogP contribution in [0.15, 0.2) is 36.4 Å². The summed E-state index contributed by atoms with van der Waals surface area (Å²) in [6.07, 6.45) is 0.142. The molecule has 0 radical (unpaired) electrons. The smallest absolute Gasteiger partial charge is 0.286 e. The largest absolute Gasteiger partial charge is 0.313 e. The molecule has 1 amide bonds. The second-order valence-electron chi connectivity index (χ2n) is 3.16. The fraction of sp³-hybridized carbons (Fsp3) is 0.100. The average molecular weight is 204 g/mol. The van der Waals surface area contributed by atoms with Crippen LogP contribution in [0.3, 0.4) is 0 Å². The molecule has 5 heteroatoms. The highest BCUT2D eigenvalue weighted by atomic mass is 16.6. The van der Waals surface area contributed by atoms with Crippen LogP contribution < -0.4 is 5.32 Å². The monoisotopic (exact) mass is 204 g/mol. The van der Waals surface area contributed by atoms with Crippen LogP contribution in [0.5, 0.6) is 0 Å². The van der Waals surface area contributed by atoms with Crippen LogP contribution in [0.4, 0.5) is 0 Å². The zero-order valence-electron chi connectivity index (χ0n) is 7.71. The van der Waals surface area contributed by atoms with Gasteiger partial charge in [0.15, 0.2) is 0 Å². The molecule has 1 atom stereocenters. The van der Waals surface area contributed by atoms with Gasteiger partial charge in [0.25, 0.3) is 0 Å². The van der Waals surface area contributed by atoms with E-state index in [2.05, 4.69) is 5.32 Å². The Morgan fingerprint density at radius 1 is 1.27 bits per heavy atom. The van der Waals surface area contributed by atoms with Crippen LogP contribution in [0.25, 0.3) is 5.57 Å². The molecule has 0 fully saturated rings. The number of hydrogen-bond donors (Lipinski definition) is 1. The van der Waals surface area contributed by atoms with E-state index in [9.17, 15) is 14.9 Å². The van der Waals surface area contributed by atoms with Gasteiger partial charge in [-0.25, -0.2) is 0 Å². The van der Waals surface area contributed by atoms with E-state index in [4.69, 9.17) is 0 Å². The minimum Gasteiger partial charge on any atom is -0.286 e. The van der Waals surface area contributed by atoms with Crippen molar-refractivity contribution in [1.82, 2.24) is 5.32 Å². The highest BCUT2D eigenvalue weighted by Gasteiger charge is 2.33. The zero-order chi connectivity index (χ0) is 10.8. The Labute approximate surface area is 85.6 Å². The first-order valence-corrected chi connectivity index (χ1v) is 4.39. The number of amides is 1. The van der Waals surface area contributed by atoms with Crippen molar-refractivity contribution in [2.45, 2.75) is 6.17 Å². The molecule has 76 valence electrons. The van der Waals surface area contributed by atoms with Crippen LogP contribution in [-0.4, -0.2) is 17.0 Å². The summed E-state index contributed by atoms with van der Waals surface area (Å²) in [5.74, 6) is -0.421. The van der Waals surface area contributed by atoms with Crippen LogP contribution in [0.2, 0.25) is 0 Å². The zero-order valence-corrected chi connectivity index (χ0v) is 7.71. The Bertz CT molecular complexity index is 439. The minimum atomic E-state index is -1.13. The first-order chi connectivity index (χ1) is 7.18. The molecular weight excluding hydrogens is 196 g/mol. The molecule has 15 heavy (non-hydrogen) atoms. The van der Waals surface area contributed by atoms with Crippen LogP contribution in [0, 0.1) is 10.1 Å². The number of nitrogens with zero attached hydrogens (tertiary/aromatic N) is 1. The van der Waals surface area contributed by atoms with Crippen molar-refractivity contribution < 1.29 is 9.72 Å². The van der Waals surface area contributed by atoms with E-state index in [0.29, 0.717) is 11.1 Å². The third kappa shape index (κ3) is 1.71. The van der Waals surface area contributed by atoms with Crippen molar-refractivity contribution in [3.8, 4) is 0 Å². The van der Waals surface area contributed by atoms with Gasteiger partial charge in [0.2, 0.25) is 5.91 Å². The summed E-state index contributed by atoms with van der Waals surface area (Å²) in [6.45, 7) is 0. The standard InChI is InChI=1S/C10H8N2O3/c13-9-6-8(10(11-9)12(14)15)7-4-2-1-3-5-7/h1-6,10H,(H,11,13). The molecule has 0 aromatic heterocycles. The molecule has 1 aliphatic rings. The lowest BCUT2D eigenvalue weighted by atomic mass is 10.1. The fourth-order valence-corrected chi connectivity index (χ4v) is 1.51. The number of nitrogens with one attached hydrogen (secondary N) is 1. The SMILES string of the molecule is O=C1C=C(c2ccccc2)C([N+](=O)[O-])N1. The van der Waals surface area contributed by atoms with Gasteiger partial charge in [-0.3, -0.25) is 20.2 Å². The normalized spacial score (nSPS) is 19.6. The average Bonchev–Trinajstić information content (AvgIpc) is 2.62. The van der Waals surface area contributed by atoms with E-state index >= 15 is 0 Å². The molecule has 1 N–H and O–H groups in total. The molecule has 1 aliphatic heterocycles. The van der Waals surface area contributed by atoms with Crippen LogP contribution >= 0.6 is 0 Å². The maximum Gasteiger partial charge on any atom is 0.313 e. The summed E-state index contributed by atoms with van der Waals surface area (Å²) in [4.78, 5) is 21.2. The second kappa shape index (κ2) is 3.53. The number of rotatable bonds is 2. The number of hydrogen-bond acceptors (Lipinski definition) is 3. The summed E-state index contributed by atoms with van der Waals surface area (Å²) in [5, 5.41) is 13.0.